The molecule has 1 unspecified atom stereocenters. The van der Waals surface area contributed by atoms with Crippen molar-refractivity contribution in [2.75, 3.05) is 53.6 Å². The van der Waals surface area contributed by atoms with Gasteiger partial charge in [0.05, 0.1) is 11.2 Å². The highest BCUT2D eigenvalue weighted by Gasteiger charge is 2.83. The smallest absolute Gasteiger partial charge is 0.165 e. The van der Waals surface area contributed by atoms with Crippen molar-refractivity contribution in [1.82, 2.24) is 9.80 Å². The zero-order valence-corrected chi connectivity index (χ0v) is 39.3. The Kier molecular flexibility index (Phi) is 8.05. The number of rotatable bonds is 13. The molecule has 64 heavy (non-hydrogen) atoms. The van der Waals surface area contributed by atoms with E-state index in [0.717, 1.165) is 112 Å². The molecule has 2 aromatic carbocycles. The second kappa shape index (κ2) is 12.7. The Morgan fingerprint density at radius 1 is 0.609 bits per heavy atom. The van der Waals surface area contributed by atoms with Gasteiger partial charge in [-0.15, -0.1) is 0 Å². The minimum atomic E-state index is -0.898. The number of piperidine rings is 2. The highest BCUT2D eigenvalue weighted by Crippen LogP contribution is 2.79. The summed E-state index contributed by atoms with van der Waals surface area (Å²) in [5.74, 6) is 5.02. The second-order valence-electron chi connectivity index (χ2n) is 24.8. The van der Waals surface area contributed by atoms with Gasteiger partial charge in [0.25, 0.3) is 0 Å². The van der Waals surface area contributed by atoms with Crippen LogP contribution in [-0.4, -0.2) is 120 Å². The quantitative estimate of drug-likeness (QED) is 0.202. The summed E-state index contributed by atoms with van der Waals surface area (Å²) in [5, 5.41) is 23.8. The lowest BCUT2D eigenvalue weighted by Gasteiger charge is -2.75. The topological polar surface area (TPSA) is 102 Å². The molecule has 2 aromatic rings. The molecule has 0 aromatic heterocycles. The van der Waals surface area contributed by atoms with Crippen molar-refractivity contribution in [2.24, 2.45) is 34.5 Å². The second-order valence-corrected chi connectivity index (χ2v) is 24.8. The largest absolute Gasteiger partial charge is 0.486 e. The van der Waals surface area contributed by atoms with Crippen LogP contribution in [0.1, 0.15) is 127 Å². The standard InChI is InChI=1S/C54H72N2O8/c1-47(2,57)37-27-49-15-17-53(37,59-5)45-51(49)19-21-55(29-31-7-8-31)39(49)25-33-11-13-35(43(63-45)41(33)51)61-23-24-62-36-14-12-34-26-40-50-16-18-54(60-6,38(28-50)48(3,4)58)46-52(50,42(34)44(36)64-46)20-22-56(40)30-32-9-10-32/h11-14,31-32,37-40,45-46,57-58H,7-10,15-30H2,1-6H3/t37-,38-,39-,40?,45-,46-,49-,50-,51+,52+,53+,54+/m1/s1. The molecule has 10 nitrogen and oxygen atoms in total. The molecule has 12 atom stereocenters. The molecule has 10 heteroatoms. The van der Waals surface area contributed by atoms with Gasteiger partial charge in [0.2, 0.25) is 0 Å². The molecule has 10 fully saturated rings. The Labute approximate surface area is 380 Å². The van der Waals surface area contributed by atoms with Gasteiger partial charge in [0.15, 0.2) is 23.0 Å². The number of hydrogen-bond donors (Lipinski definition) is 2. The third-order valence-electron chi connectivity index (χ3n) is 21.6. The van der Waals surface area contributed by atoms with Crippen molar-refractivity contribution < 1.29 is 38.6 Å². The zero-order valence-electron chi connectivity index (χ0n) is 39.3. The Bertz CT molecular complexity index is 2160. The maximum atomic E-state index is 11.9. The van der Waals surface area contributed by atoms with E-state index in [1.165, 1.54) is 61.0 Å². The Balaban J connectivity index is 0.783. The SMILES string of the molecule is CO[C@@]12CC[C@@]3(C[C@@H]1C(C)(C)O)C1Cc4ccc(OCCOc5ccc6c7c5O[C@H]5[C@]8(OC)CC[C@@]9(C[C@@H]8C(C)(C)O)[C@@H](C6)N(CC6CC6)CC[C@]759)c5c4[C@@]3(CCN1CC1CC1)[C@H]2O5. The fraction of sp³-hybridized carbons (Fsp3) is 0.778. The van der Waals surface area contributed by atoms with Crippen LogP contribution < -0.4 is 18.9 Å². The predicted octanol–water partition coefficient (Wildman–Crippen LogP) is 7.14. The van der Waals surface area contributed by atoms with Crippen molar-refractivity contribution in [3.05, 3.63) is 46.5 Å². The molecule has 4 heterocycles. The van der Waals surface area contributed by atoms with E-state index in [4.69, 9.17) is 28.4 Å². The van der Waals surface area contributed by atoms with Crippen molar-refractivity contribution in [3.8, 4) is 23.0 Å². The van der Waals surface area contributed by atoms with Gasteiger partial charge < -0.3 is 38.6 Å². The molecule has 0 radical (unpaired) electrons. The van der Waals surface area contributed by atoms with Crippen LogP contribution in [0.15, 0.2) is 24.3 Å². The Morgan fingerprint density at radius 3 is 1.41 bits per heavy atom. The molecule has 8 saturated carbocycles. The summed E-state index contributed by atoms with van der Waals surface area (Å²) < 4.78 is 41.9. The zero-order chi connectivity index (χ0) is 43.6. The first-order valence-corrected chi connectivity index (χ1v) is 25.6. The van der Waals surface area contributed by atoms with Crippen molar-refractivity contribution in [3.63, 3.8) is 0 Å². The Hall–Kier alpha value is -2.60. The molecule has 0 amide bonds. The first-order chi connectivity index (χ1) is 30.7. The molecule has 8 bridgehead atoms. The first-order valence-electron chi connectivity index (χ1n) is 25.6. The molecule has 2 N–H and O–H groups in total. The summed E-state index contributed by atoms with van der Waals surface area (Å²) in [6, 6.07) is 9.89. The number of hydrogen-bond acceptors (Lipinski definition) is 10. The van der Waals surface area contributed by atoms with Gasteiger partial charge >= 0.3 is 0 Å². The number of fused-ring (bicyclic) bond motifs is 4. The lowest BCUT2D eigenvalue weighted by Crippen LogP contribution is -2.82. The van der Waals surface area contributed by atoms with Gasteiger partial charge in [-0.25, -0.2) is 0 Å². The number of nitrogens with zero attached hydrogens (tertiary/aromatic N) is 2. The van der Waals surface area contributed by atoms with Crippen molar-refractivity contribution in [1.29, 1.82) is 0 Å². The van der Waals surface area contributed by atoms with Crippen LogP contribution in [0.3, 0.4) is 0 Å². The average Bonchev–Trinajstić information content (AvgIpc) is 4.21. The number of benzene rings is 2. The van der Waals surface area contributed by atoms with Gasteiger partial charge in [-0.1, -0.05) is 12.1 Å². The fourth-order valence-electron chi connectivity index (χ4n) is 19.0. The third-order valence-corrected chi connectivity index (χ3v) is 21.6. The summed E-state index contributed by atoms with van der Waals surface area (Å²) in [7, 11) is 3.73. The van der Waals surface area contributed by atoms with Crippen LogP contribution in [0, 0.1) is 34.5 Å². The highest BCUT2D eigenvalue weighted by molar-refractivity contribution is 5.65. The van der Waals surface area contributed by atoms with Crippen LogP contribution >= 0.6 is 0 Å². The third kappa shape index (κ3) is 4.66. The van der Waals surface area contributed by atoms with Gasteiger partial charge in [0.1, 0.15) is 36.6 Å². The van der Waals surface area contributed by atoms with E-state index in [2.05, 4.69) is 34.1 Å². The van der Waals surface area contributed by atoms with Crippen LogP contribution in [0.2, 0.25) is 0 Å². The molecule has 14 aliphatic rings. The molecule has 346 valence electrons. The number of likely N-dealkylation sites (tertiary alicyclic amines) is 2. The van der Waals surface area contributed by atoms with Crippen LogP contribution in [0.5, 0.6) is 23.0 Å². The van der Waals surface area contributed by atoms with Gasteiger partial charge in [0, 0.05) is 84.0 Å². The van der Waals surface area contributed by atoms with Crippen molar-refractivity contribution >= 4 is 0 Å². The maximum Gasteiger partial charge on any atom is 0.165 e. The summed E-state index contributed by atoms with van der Waals surface area (Å²) in [6.45, 7) is 13.3. The van der Waals surface area contributed by atoms with E-state index in [1.54, 1.807) is 0 Å². The minimum Gasteiger partial charge on any atom is -0.486 e. The molecule has 16 rings (SSSR count). The Morgan fingerprint density at radius 2 is 1.03 bits per heavy atom. The van der Waals surface area contributed by atoms with Crippen LogP contribution in [0.4, 0.5) is 0 Å². The fourth-order valence-corrected chi connectivity index (χ4v) is 19.0. The molecular formula is C54H72N2O8. The lowest BCUT2D eigenvalue weighted by molar-refractivity contribution is -0.300. The van der Waals surface area contributed by atoms with E-state index in [9.17, 15) is 10.2 Å². The summed E-state index contributed by atoms with van der Waals surface area (Å²) in [6.07, 6.45) is 15.2. The van der Waals surface area contributed by atoms with Gasteiger partial charge in [-0.2, -0.15) is 0 Å². The average molecular weight is 877 g/mol. The summed E-state index contributed by atoms with van der Waals surface area (Å²) in [5.41, 5.74) is 2.34. The van der Waals surface area contributed by atoms with E-state index in [-0.39, 0.29) is 45.7 Å². The first kappa shape index (κ1) is 40.5. The summed E-state index contributed by atoms with van der Waals surface area (Å²) in [4.78, 5) is 5.72. The monoisotopic (exact) mass is 877 g/mol. The van der Waals surface area contributed by atoms with E-state index in [1.807, 2.05) is 41.9 Å². The molecule has 10 aliphatic carbocycles. The van der Waals surface area contributed by atoms with Crippen LogP contribution in [0.25, 0.3) is 0 Å². The number of ether oxygens (including phenoxy) is 6. The molecule has 4 spiro atoms. The van der Waals surface area contributed by atoms with E-state index in [0.29, 0.717) is 25.3 Å². The number of methoxy groups -OCH3 is 2. The molecule has 2 saturated heterocycles. The minimum absolute atomic E-state index is 0.0157. The normalized spacial score (nSPS) is 44.0. The number of aliphatic hydroxyl groups is 2. The highest BCUT2D eigenvalue weighted by atomic mass is 16.6. The van der Waals surface area contributed by atoms with Gasteiger partial charge in [-0.3, -0.25) is 9.80 Å². The predicted molar refractivity (Wildman–Crippen MR) is 240 cm³/mol. The lowest BCUT2D eigenvalue weighted by atomic mass is 9.34. The van der Waals surface area contributed by atoms with Gasteiger partial charge in [-0.05, 0) is 166 Å². The van der Waals surface area contributed by atoms with E-state index >= 15 is 0 Å². The van der Waals surface area contributed by atoms with E-state index < -0.39 is 22.4 Å². The van der Waals surface area contributed by atoms with Crippen LogP contribution in [-0.2, 0) is 33.1 Å². The maximum absolute atomic E-state index is 11.9. The molecular weight excluding hydrogens is 805 g/mol. The molecule has 4 aliphatic heterocycles. The summed E-state index contributed by atoms with van der Waals surface area (Å²) >= 11 is 0. The van der Waals surface area contributed by atoms with Crippen molar-refractivity contribution in [2.45, 2.75) is 175 Å².